The number of aromatic carboxylic acids is 1. The fourth-order valence-electron chi connectivity index (χ4n) is 3.44. The van der Waals surface area contributed by atoms with Crippen molar-refractivity contribution >= 4 is 55.3 Å². The minimum absolute atomic E-state index is 0.0894. The third-order valence-corrected chi connectivity index (χ3v) is 6.56. The molecule has 32 heavy (non-hydrogen) atoms. The van der Waals surface area contributed by atoms with Crippen LogP contribution in [0, 0.1) is 0 Å². The Morgan fingerprint density at radius 2 is 1.97 bits per heavy atom. The largest absolute Gasteiger partial charge is 0.488 e. The number of para-hydroxylation sites is 2. The lowest BCUT2D eigenvalue weighted by Gasteiger charge is -2.09. The summed E-state index contributed by atoms with van der Waals surface area (Å²) >= 11 is 4.87. The smallest absolute Gasteiger partial charge is 0.335 e. The maximum absolute atomic E-state index is 12.9. The molecule has 0 amide bonds. The number of rotatable bonds is 5. The number of carboxylic acids is 1. The number of hydrogen-bond acceptors (Lipinski definition) is 5. The van der Waals surface area contributed by atoms with Gasteiger partial charge >= 0.3 is 5.97 Å². The van der Waals surface area contributed by atoms with Crippen molar-refractivity contribution in [1.82, 2.24) is 9.38 Å². The molecule has 0 saturated heterocycles. The summed E-state index contributed by atoms with van der Waals surface area (Å²) in [6.07, 6.45) is 1.83. The van der Waals surface area contributed by atoms with Gasteiger partial charge < -0.3 is 9.84 Å². The van der Waals surface area contributed by atoms with E-state index in [1.807, 2.05) is 54.6 Å². The lowest BCUT2D eigenvalue weighted by Crippen LogP contribution is -2.22. The van der Waals surface area contributed by atoms with Crippen molar-refractivity contribution in [3.05, 3.63) is 103 Å². The molecule has 5 aromatic rings. The third kappa shape index (κ3) is 3.79. The summed E-state index contributed by atoms with van der Waals surface area (Å²) in [5, 5.41) is 9.12. The summed E-state index contributed by atoms with van der Waals surface area (Å²) < 4.78 is 8.82. The van der Waals surface area contributed by atoms with E-state index in [0.717, 1.165) is 26.6 Å². The van der Waals surface area contributed by atoms with Gasteiger partial charge in [-0.1, -0.05) is 41.7 Å². The molecular weight excluding hydrogens is 492 g/mol. The molecule has 0 radical (unpaired) electrons. The maximum Gasteiger partial charge on any atom is 0.335 e. The molecule has 0 fully saturated rings. The first-order valence-corrected chi connectivity index (χ1v) is 11.3. The molecule has 3 aromatic carbocycles. The molecule has 0 aliphatic heterocycles. The molecule has 0 spiro atoms. The van der Waals surface area contributed by atoms with Crippen molar-refractivity contribution in [1.29, 1.82) is 0 Å². The number of carbonyl (C=O) groups is 1. The summed E-state index contributed by atoms with van der Waals surface area (Å²) in [6, 6.07) is 19.8. The summed E-state index contributed by atoms with van der Waals surface area (Å²) in [4.78, 5) is 29.2. The highest BCUT2D eigenvalue weighted by Crippen LogP contribution is 2.27. The van der Waals surface area contributed by atoms with Crippen molar-refractivity contribution in [3.8, 4) is 5.75 Å². The molecule has 2 heterocycles. The molecule has 0 bridgehead atoms. The topological polar surface area (TPSA) is 80.9 Å². The molecule has 0 aliphatic carbocycles. The summed E-state index contributed by atoms with van der Waals surface area (Å²) in [5.41, 5.74) is 3.36. The number of hydrogen-bond donors (Lipinski definition) is 1. The number of ether oxygens (including phenoxy) is 1. The lowest BCUT2D eigenvalue weighted by molar-refractivity contribution is 0.0696. The van der Waals surface area contributed by atoms with Crippen LogP contribution in [-0.2, 0) is 6.61 Å². The number of fused-ring (bicyclic) bond motifs is 3. The summed E-state index contributed by atoms with van der Waals surface area (Å²) in [6.45, 7) is 0.239. The molecule has 0 saturated carbocycles. The number of aromatic nitrogens is 2. The number of thiazole rings is 1. The molecule has 0 atom stereocenters. The van der Waals surface area contributed by atoms with E-state index in [1.54, 1.807) is 22.6 Å². The molecule has 158 valence electrons. The quantitative estimate of drug-likeness (QED) is 0.379. The predicted octanol–water partition coefficient (Wildman–Crippen LogP) is 4.50. The van der Waals surface area contributed by atoms with E-state index in [1.165, 1.54) is 11.3 Å². The average molecular weight is 507 g/mol. The predicted molar refractivity (Wildman–Crippen MR) is 128 cm³/mol. The molecule has 2 aromatic heterocycles. The van der Waals surface area contributed by atoms with E-state index in [2.05, 4.69) is 20.9 Å². The summed E-state index contributed by atoms with van der Waals surface area (Å²) in [7, 11) is 0. The van der Waals surface area contributed by atoms with Crippen LogP contribution < -0.4 is 14.8 Å². The van der Waals surface area contributed by atoms with E-state index in [-0.39, 0.29) is 17.7 Å². The van der Waals surface area contributed by atoms with Gasteiger partial charge in [0.25, 0.3) is 5.56 Å². The van der Waals surface area contributed by atoms with Gasteiger partial charge in [-0.15, -0.1) is 0 Å². The Morgan fingerprint density at radius 1 is 1.12 bits per heavy atom. The first kappa shape index (κ1) is 20.4. The third-order valence-electron chi connectivity index (χ3n) is 4.97. The molecule has 5 rings (SSSR count). The lowest BCUT2D eigenvalue weighted by atomic mass is 10.1. The van der Waals surface area contributed by atoms with Crippen molar-refractivity contribution in [3.63, 3.8) is 0 Å². The van der Waals surface area contributed by atoms with E-state index in [4.69, 9.17) is 9.84 Å². The van der Waals surface area contributed by atoms with Crippen LogP contribution in [0.2, 0.25) is 0 Å². The van der Waals surface area contributed by atoms with Crippen LogP contribution in [0.5, 0.6) is 5.75 Å². The minimum atomic E-state index is -0.973. The average Bonchev–Trinajstić information content (AvgIpc) is 3.29. The zero-order valence-corrected chi connectivity index (χ0v) is 18.9. The molecule has 6 nitrogen and oxygen atoms in total. The molecule has 8 heteroatoms. The Hall–Kier alpha value is -3.49. The van der Waals surface area contributed by atoms with Gasteiger partial charge in [-0.05, 0) is 69.5 Å². The highest BCUT2D eigenvalue weighted by molar-refractivity contribution is 9.10. The van der Waals surface area contributed by atoms with Gasteiger partial charge in [0.1, 0.15) is 12.4 Å². The highest BCUT2D eigenvalue weighted by Gasteiger charge is 2.11. The number of halogens is 1. The monoisotopic (exact) mass is 506 g/mol. The molecule has 0 unspecified atom stereocenters. The van der Waals surface area contributed by atoms with Crippen LogP contribution in [0.25, 0.3) is 22.1 Å². The second-order valence-corrected chi connectivity index (χ2v) is 8.98. The van der Waals surface area contributed by atoms with Crippen LogP contribution >= 0.6 is 27.3 Å². The minimum Gasteiger partial charge on any atom is -0.488 e. The SMILES string of the molecule is O=C(O)c1cccc(COc2ccc(/C=c3\sc4nc5ccccc5n4c3=O)cc2Br)c1. The standard InChI is InChI=1S/C24H15BrN2O4S/c25-17-11-14(8-9-20(17)31-13-15-4-3-5-16(10-15)23(29)30)12-21-22(28)27-19-7-2-1-6-18(19)26-24(27)32-21/h1-12H,13H2,(H,29,30)/b21-12-. The maximum atomic E-state index is 12.9. The Morgan fingerprint density at radius 3 is 2.78 bits per heavy atom. The Kier molecular flexibility index (Phi) is 5.24. The van der Waals surface area contributed by atoms with Gasteiger partial charge in [0.2, 0.25) is 0 Å². The zero-order chi connectivity index (χ0) is 22.2. The van der Waals surface area contributed by atoms with Gasteiger partial charge in [-0.3, -0.25) is 4.79 Å². The van der Waals surface area contributed by atoms with E-state index >= 15 is 0 Å². The zero-order valence-electron chi connectivity index (χ0n) is 16.5. The first-order valence-electron chi connectivity index (χ1n) is 9.66. The van der Waals surface area contributed by atoms with Gasteiger partial charge in [-0.25, -0.2) is 14.2 Å². The van der Waals surface area contributed by atoms with E-state index in [0.29, 0.717) is 15.2 Å². The second-order valence-electron chi connectivity index (χ2n) is 7.12. The van der Waals surface area contributed by atoms with Crippen molar-refractivity contribution < 1.29 is 14.6 Å². The van der Waals surface area contributed by atoms with Crippen LogP contribution in [0.15, 0.2) is 76.0 Å². The van der Waals surface area contributed by atoms with Gasteiger partial charge in [0.05, 0.1) is 25.6 Å². The van der Waals surface area contributed by atoms with Crippen LogP contribution in [-0.4, -0.2) is 20.5 Å². The molecule has 0 aliphatic rings. The Labute approximate surface area is 194 Å². The number of nitrogens with zero attached hydrogens (tertiary/aromatic N) is 2. The fourth-order valence-corrected chi connectivity index (χ4v) is 4.94. The van der Waals surface area contributed by atoms with Gasteiger partial charge in [0.15, 0.2) is 4.96 Å². The molecule has 1 N–H and O–H groups in total. The van der Waals surface area contributed by atoms with Crippen molar-refractivity contribution in [2.45, 2.75) is 6.61 Å². The first-order chi connectivity index (χ1) is 15.5. The van der Waals surface area contributed by atoms with Crippen LogP contribution in [0.3, 0.4) is 0 Å². The highest BCUT2D eigenvalue weighted by atomic mass is 79.9. The summed E-state index contributed by atoms with van der Waals surface area (Å²) in [5.74, 6) is -0.350. The Bertz CT molecular complexity index is 1610. The number of carboxylic acid groups (broad SMARTS) is 1. The van der Waals surface area contributed by atoms with Crippen LogP contribution in [0.4, 0.5) is 0 Å². The van der Waals surface area contributed by atoms with Crippen molar-refractivity contribution in [2.24, 2.45) is 0 Å². The van der Waals surface area contributed by atoms with Crippen molar-refractivity contribution in [2.75, 3.05) is 0 Å². The Balaban J connectivity index is 1.41. The van der Waals surface area contributed by atoms with E-state index in [9.17, 15) is 9.59 Å². The molecular formula is C24H15BrN2O4S. The van der Waals surface area contributed by atoms with E-state index < -0.39 is 5.97 Å². The number of imidazole rings is 1. The number of benzene rings is 3. The normalized spacial score (nSPS) is 12.0. The van der Waals surface area contributed by atoms with Gasteiger partial charge in [0, 0.05) is 0 Å². The van der Waals surface area contributed by atoms with Gasteiger partial charge in [-0.2, -0.15) is 0 Å². The van der Waals surface area contributed by atoms with Crippen LogP contribution in [0.1, 0.15) is 21.5 Å². The fraction of sp³-hybridized carbons (Fsp3) is 0.0417. The second kappa shape index (κ2) is 8.22.